The van der Waals surface area contributed by atoms with Gasteiger partial charge in [0.1, 0.15) is 5.75 Å². The summed E-state index contributed by atoms with van der Waals surface area (Å²) in [6.45, 7) is 0.545. The number of anilines is 1. The summed E-state index contributed by atoms with van der Waals surface area (Å²) in [4.78, 5) is 17.9. The van der Waals surface area contributed by atoms with Crippen molar-refractivity contribution < 1.29 is 9.53 Å². The van der Waals surface area contributed by atoms with Crippen LogP contribution in [0.3, 0.4) is 0 Å². The number of methoxy groups -OCH3 is 1. The third-order valence-corrected chi connectivity index (χ3v) is 5.70. The van der Waals surface area contributed by atoms with Crippen molar-refractivity contribution >= 4 is 35.0 Å². The molecule has 0 spiro atoms. The van der Waals surface area contributed by atoms with Crippen molar-refractivity contribution in [3.05, 3.63) is 95.3 Å². The zero-order chi connectivity index (χ0) is 21.6. The molecule has 0 bridgehead atoms. The predicted molar refractivity (Wildman–Crippen MR) is 122 cm³/mol. The Hall–Kier alpha value is -3.29. The molecule has 0 saturated carbocycles. The highest BCUT2D eigenvalue weighted by atomic mass is 35.5. The molecule has 156 valence electrons. The van der Waals surface area contributed by atoms with Gasteiger partial charge in [0.15, 0.2) is 5.16 Å². The summed E-state index contributed by atoms with van der Waals surface area (Å²) in [7, 11) is 1.59. The van der Waals surface area contributed by atoms with Crippen molar-refractivity contribution in [1.82, 2.24) is 14.8 Å². The van der Waals surface area contributed by atoms with Crippen molar-refractivity contribution in [3.8, 4) is 5.75 Å². The van der Waals surface area contributed by atoms with E-state index in [4.69, 9.17) is 16.3 Å². The minimum Gasteiger partial charge on any atom is -0.497 e. The SMILES string of the molecule is COc1ccc(C(=O)Nc2ccccc2Sc2nc(Cl)nn2Cc2ccccc2)cc1. The molecule has 0 atom stereocenters. The molecule has 0 fully saturated rings. The Morgan fingerprint density at radius 3 is 2.48 bits per heavy atom. The Labute approximate surface area is 189 Å². The molecule has 4 rings (SSSR count). The average molecular weight is 451 g/mol. The van der Waals surface area contributed by atoms with Crippen molar-refractivity contribution in [2.75, 3.05) is 12.4 Å². The first-order valence-electron chi connectivity index (χ1n) is 9.49. The number of para-hydroxylation sites is 1. The van der Waals surface area contributed by atoms with E-state index in [0.717, 1.165) is 10.5 Å². The maximum absolute atomic E-state index is 12.7. The van der Waals surface area contributed by atoms with Crippen molar-refractivity contribution in [2.45, 2.75) is 16.6 Å². The van der Waals surface area contributed by atoms with E-state index in [1.165, 1.54) is 11.8 Å². The van der Waals surface area contributed by atoms with Gasteiger partial charge in [-0.25, -0.2) is 4.68 Å². The van der Waals surface area contributed by atoms with Crippen molar-refractivity contribution in [2.24, 2.45) is 0 Å². The van der Waals surface area contributed by atoms with E-state index in [9.17, 15) is 4.79 Å². The van der Waals surface area contributed by atoms with Crippen molar-refractivity contribution in [1.29, 1.82) is 0 Å². The fraction of sp³-hybridized carbons (Fsp3) is 0.0870. The van der Waals surface area contributed by atoms with Gasteiger partial charge < -0.3 is 10.1 Å². The van der Waals surface area contributed by atoms with Gasteiger partial charge in [0.2, 0.25) is 5.28 Å². The van der Waals surface area contributed by atoms with Crippen LogP contribution >= 0.6 is 23.4 Å². The summed E-state index contributed by atoms with van der Waals surface area (Å²) in [5, 5.41) is 8.09. The number of aromatic nitrogens is 3. The topological polar surface area (TPSA) is 69.0 Å². The molecule has 0 saturated heterocycles. The average Bonchev–Trinajstić information content (AvgIpc) is 3.14. The molecule has 3 aromatic carbocycles. The third-order valence-electron chi connectivity index (χ3n) is 4.48. The number of carbonyl (C=O) groups is 1. The zero-order valence-electron chi connectivity index (χ0n) is 16.7. The summed E-state index contributed by atoms with van der Waals surface area (Å²) < 4.78 is 6.90. The van der Waals surface area contributed by atoms with Crippen LogP contribution in [0, 0.1) is 0 Å². The van der Waals surface area contributed by atoms with Crippen LogP contribution in [-0.2, 0) is 6.54 Å². The summed E-state index contributed by atoms with van der Waals surface area (Å²) in [6, 6.07) is 24.5. The number of ether oxygens (including phenoxy) is 1. The van der Waals surface area contributed by atoms with E-state index < -0.39 is 0 Å². The van der Waals surface area contributed by atoms with E-state index in [1.54, 1.807) is 36.1 Å². The van der Waals surface area contributed by atoms with Gasteiger partial charge in [0.05, 0.1) is 19.3 Å². The summed E-state index contributed by atoms with van der Waals surface area (Å²) in [6.07, 6.45) is 0. The van der Waals surface area contributed by atoms with Gasteiger partial charge in [0.25, 0.3) is 5.91 Å². The molecule has 1 heterocycles. The minimum atomic E-state index is -0.209. The summed E-state index contributed by atoms with van der Waals surface area (Å²) >= 11 is 7.48. The monoisotopic (exact) mass is 450 g/mol. The molecular weight excluding hydrogens is 432 g/mol. The van der Waals surface area contributed by atoms with Gasteiger partial charge in [-0.1, -0.05) is 42.5 Å². The van der Waals surface area contributed by atoms with Gasteiger partial charge >= 0.3 is 0 Å². The highest BCUT2D eigenvalue weighted by Crippen LogP contribution is 2.33. The standard InChI is InChI=1S/C23H19ClN4O2S/c1-30-18-13-11-17(12-14-18)21(29)25-19-9-5-6-10-20(19)31-23-26-22(24)27-28(23)15-16-7-3-2-4-8-16/h2-14H,15H2,1H3,(H,25,29). The van der Waals surface area contributed by atoms with E-state index in [-0.39, 0.29) is 11.2 Å². The summed E-state index contributed by atoms with van der Waals surface area (Å²) in [5.74, 6) is 0.488. The Bertz CT molecular complexity index is 1180. The normalized spacial score (nSPS) is 10.6. The Morgan fingerprint density at radius 2 is 1.74 bits per heavy atom. The summed E-state index contributed by atoms with van der Waals surface area (Å²) in [5.41, 5.74) is 2.31. The van der Waals surface area contributed by atoms with Crippen LogP contribution in [0.5, 0.6) is 5.75 Å². The predicted octanol–water partition coefficient (Wildman–Crippen LogP) is 5.39. The zero-order valence-corrected chi connectivity index (χ0v) is 18.2. The van der Waals surface area contributed by atoms with Crippen LogP contribution in [0.15, 0.2) is 88.9 Å². The second-order valence-corrected chi connectivity index (χ2v) is 7.93. The van der Waals surface area contributed by atoms with E-state index in [0.29, 0.717) is 28.7 Å². The van der Waals surface area contributed by atoms with Crippen LogP contribution in [-0.4, -0.2) is 27.8 Å². The van der Waals surface area contributed by atoms with Gasteiger partial charge in [-0.05, 0) is 65.3 Å². The van der Waals surface area contributed by atoms with E-state index in [2.05, 4.69) is 15.4 Å². The molecule has 31 heavy (non-hydrogen) atoms. The van der Waals surface area contributed by atoms with E-state index >= 15 is 0 Å². The van der Waals surface area contributed by atoms with Crippen LogP contribution in [0.25, 0.3) is 0 Å². The largest absolute Gasteiger partial charge is 0.497 e. The molecule has 1 amide bonds. The molecule has 0 unspecified atom stereocenters. The van der Waals surface area contributed by atoms with Gasteiger partial charge in [0, 0.05) is 10.5 Å². The molecule has 0 aliphatic heterocycles. The lowest BCUT2D eigenvalue weighted by atomic mass is 10.2. The van der Waals surface area contributed by atoms with Crippen LogP contribution in [0.4, 0.5) is 5.69 Å². The lowest BCUT2D eigenvalue weighted by Gasteiger charge is -2.11. The number of rotatable bonds is 7. The number of benzene rings is 3. The molecule has 1 aromatic heterocycles. The number of hydrogen-bond donors (Lipinski definition) is 1. The van der Waals surface area contributed by atoms with E-state index in [1.807, 2.05) is 54.6 Å². The number of carbonyl (C=O) groups excluding carboxylic acids is 1. The van der Waals surface area contributed by atoms with Crippen LogP contribution in [0.1, 0.15) is 15.9 Å². The Balaban J connectivity index is 1.55. The van der Waals surface area contributed by atoms with Gasteiger partial charge in [-0.15, -0.1) is 5.10 Å². The molecule has 1 N–H and O–H groups in total. The first kappa shape index (κ1) is 21.0. The maximum Gasteiger partial charge on any atom is 0.255 e. The highest BCUT2D eigenvalue weighted by molar-refractivity contribution is 7.99. The maximum atomic E-state index is 12.7. The first-order valence-corrected chi connectivity index (χ1v) is 10.7. The Morgan fingerprint density at radius 1 is 1.03 bits per heavy atom. The molecule has 0 radical (unpaired) electrons. The van der Waals surface area contributed by atoms with Crippen molar-refractivity contribution in [3.63, 3.8) is 0 Å². The van der Waals surface area contributed by atoms with Crippen LogP contribution in [0.2, 0.25) is 5.28 Å². The number of hydrogen-bond acceptors (Lipinski definition) is 5. The van der Waals surface area contributed by atoms with Gasteiger partial charge in [-0.3, -0.25) is 4.79 Å². The number of halogens is 1. The number of nitrogens with one attached hydrogen (secondary N) is 1. The second kappa shape index (κ2) is 9.68. The highest BCUT2D eigenvalue weighted by Gasteiger charge is 2.15. The lowest BCUT2D eigenvalue weighted by molar-refractivity contribution is 0.102. The lowest BCUT2D eigenvalue weighted by Crippen LogP contribution is -2.12. The third kappa shape index (κ3) is 5.25. The molecule has 0 aliphatic carbocycles. The molecule has 8 heteroatoms. The quantitative estimate of drug-likeness (QED) is 0.408. The smallest absolute Gasteiger partial charge is 0.255 e. The van der Waals surface area contributed by atoms with Gasteiger partial charge in [-0.2, -0.15) is 4.98 Å². The fourth-order valence-corrected chi connectivity index (χ4v) is 4.07. The number of amides is 1. The Kier molecular flexibility index (Phi) is 6.54. The molecule has 0 aliphatic rings. The second-order valence-electron chi connectivity index (χ2n) is 6.59. The first-order chi connectivity index (χ1) is 15.1. The molecule has 4 aromatic rings. The molecular formula is C23H19ClN4O2S. The fourth-order valence-electron chi connectivity index (χ4n) is 2.93. The minimum absolute atomic E-state index is 0.179. The molecule has 6 nitrogen and oxygen atoms in total. The number of nitrogens with zero attached hydrogens (tertiary/aromatic N) is 3. The van der Waals surface area contributed by atoms with Crippen LogP contribution < -0.4 is 10.1 Å².